The number of methoxy groups -OCH3 is 1. The fourth-order valence-corrected chi connectivity index (χ4v) is 1.08. The summed E-state index contributed by atoms with van der Waals surface area (Å²) in [5.41, 5.74) is 2.64. The molecule has 0 aliphatic rings. The van der Waals surface area contributed by atoms with Crippen LogP contribution in [0.3, 0.4) is 0 Å². The van der Waals surface area contributed by atoms with Crippen molar-refractivity contribution >= 4 is 0 Å². The third kappa shape index (κ3) is 1.82. The molecule has 0 amide bonds. The van der Waals surface area contributed by atoms with Gasteiger partial charge >= 0.3 is 0 Å². The summed E-state index contributed by atoms with van der Waals surface area (Å²) in [4.78, 5) is 4.15. The van der Waals surface area contributed by atoms with Crippen molar-refractivity contribution in [2.75, 3.05) is 13.7 Å². The standard InChI is InChI=1S/C7H14N4O/c1-11-4-3-9-7(11)6(10-8)5-12-2/h3-4,6,10H,5,8H2,1-2H3. The highest BCUT2D eigenvalue weighted by Crippen LogP contribution is 2.07. The molecule has 12 heavy (non-hydrogen) atoms. The summed E-state index contributed by atoms with van der Waals surface area (Å²) < 4.78 is 6.88. The van der Waals surface area contributed by atoms with Gasteiger partial charge in [0.1, 0.15) is 11.9 Å². The normalized spacial score (nSPS) is 13.2. The minimum Gasteiger partial charge on any atom is -0.383 e. The first kappa shape index (κ1) is 9.18. The highest BCUT2D eigenvalue weighted by molar-refractivity contribution is 4.97. The molecule has 5 heteroatoms. The van der Waals surface area contributed by atoms with Crippen LogP contribution in [0.15, 0.2) is 12.4 Å². The molecule has 0 aliphatic carbocycles. The fourth-order valence-electron chi connectivity index (χ4n) is 1.08. The highest BCUT2D eigenvalue weighted by Gasteiger charge is 2.12. The molecule has 0 fully saturated rings. The quantitative estimate of drug-likeness (QED) is 0.475. The topological polar surface area (TPSA) is 65.1 Å². The molecular formula is C7H14N4O. The molecule has 0 saturated carbocycles. The molecule has 1 heterocycles. The van der Waals surface area contributed by atoms with E-state index in [0.29, 0.717) is 6.61 Å². The summed E-state index contributed by atoms with van der Waals surface area (Å²) in [6.07, 6.45) is 3.60. The van der Waals surface area contributed by atoms with Gasteiger partial charge in [-0.15, -0.1) is 0 Å². The number of hydrogen-bond acceptors (Lipinski definition) is 4. The van der Waals surface area contributed by atoms with Crippen molar-refractivity contribution in [3.8, 4) is 0 Å². The Hall–Kier alpha value is -0.910. The van der Waals surface area contributed by atoms with E-state index in [9.17, 15) is 0 Å². The van der Waals surface area contributed by atoms with Crippen LogP contribution in [0.4, 0.5) is 0 Å². The number of hydrazine groups is 1. The van der Waals surface area contributed by atoms with Crippen molar-refractivity contribution in [1.82, 2.24) is 15.0 Å². The van der Waals surface area contributed by atoms with E-state index in [1.54, 1.807) is 13.3 Å². The molecule has 0 bridgehead atoms. The van der Waals surface area contributed by atoms with Crippen molar-refractivity contribution in [1.29, 1.82) is 0 Å². The number of nitrogens with zero attached hydrogens (tertiary/aromatic N) is 2. The molecule has 68 valence electrons. The molecule has 1 rings (SSSR count). The molecule has 0 aliphatic heterocycles. The van der Waals surface area contributed by atoms with Gasteiger partial charge in [-0.1, -0.05) is 0 Å². The van der Waals surface area contributed by atoms with Crippen LogP contribution in [0.1, 0.15) is 11.9 Å². The monoisotopic (exact) mass is 170 g/mol. The predicted octanol–water partition coefficient (Wildman–Crippen LogP) is -0.429. The molecule has 1 aromatic rings. The van der Waals surface area contributed by atoms with E-state index in [-0.39, 0.29) is 6.04 Å². The van der Waals surface area contributed by atoms with E-state index in [0.717, 1.165) is 5.82 Å². The smallest absolute Gasteiger partial charge is 0.129 e. The summed E-state index contributed by atoms with van der Waals surface area (Å²) in [6.45, 7) is 0.515. The van der Waals surface area contributed by atoms with Gasteiger partial charge in [0.2, 0.25) is 0 Å². The number of aryl methyl sites for hydroxylation is 1. The zero-order valence-corrected chi connectivity index (χ0v) is 7.32. The maximum Gasteiger partial charge on any atom is 0.129 e. The van der Waals surface area contributed by atoms with Crippen LogP contribution in [0, 0.1) is 0 Å². The number of rotatable bonds is 4. The van der Waals surface area contributed by atoms with Gasteiger partial charge in [0.15, 0.2) is 0 Å². The Morgan fingerprint density at radius 1 is 1.83 bits per heavy atom. The summed E-state index contributed by atoms with van der Waals surface area (Å²) in [7, 11) is 3.55. The summed E-state index contributed by atoms with van der Waals surface area (Å²) in [5.74, 6) is 6.21. The average Bonchev–Trinajstić information content (AvgIpc) is 2.47. The van der Waals surface area contributed by atoms with Crippen LogP contribution < -0.4 is 11.3 Å². The van der Waals surface area contributed by atoms with Crippen LogP contribution >= 0.6 is 0 Å². The maximum atomic E-state index is 5.34. The van der Waals surface area contributed by atoms with Gasteiger partial charge in [0.25, 0.3) is 0 Å². The Morgan fingerprint density at radius 2 is 2.58 bits per heavy atom. The van der Waals surface area contributed by atoms with Gasteiger partial charge < -0.3 is 9.30 Å². The molecule has 0 spiro atoms. The largest absolute Gasteiger partial charge is 0.383 e. The zero-order chi connectivity index (χ0) is 8.97. The average molecular weight is 170 g/mol. The van der Waals surface area contributed by atoms with E-state index >= 15 is 0 Å². The van der Waals surface area contributed by atoms with Gasteiger partial charge in [-0.25, -0.2) is 10.4 Å². The predicted molar refractivity (Wildman–Crippen MR) is 45.1 cm³/mol. The third-order valence-electron chi connectivity index (χ3n) is 1.70. The van der Waals surface area contributed by atoms with Crippen molar-refractivity contribution in [3.63, 3.8) is 0 Å². The lowest BCUT2D eigenvalue weighted by atomic mass is 10.3. The fraction of sp³-hybridized carbons (Fsp3) is 0.571. The number of imidazole rings is 1. The highest BCUT2D eigenvalue weighted by atomic mass is 16.5. The Morgan fingerprint density at radius 3 is 3.00 bits per heavy atom. The molecule has 0 aromatic carbocycles. The summed E-state index contributed by atoms with van der Waals surface area (Å²) >= 11 is 0. The van der Waals surface area contributed by atoms with E-state index in [2.05, 4.69) is 10.4 Å². The second-order valence-corrected chi connectivity index (χ2v) is 2.57. The Balaban J connectivity index is 2.72. The molecule has 5 nitrogen and oxygen atoms in total. The Kier molecular flexibility index (Phi) is 3.21. The minimum absolute atomic E-state index is 0.0463. The second kappa shape index (κ2) is 4.20. The SMILES string of the molecule is COCC(NN)c1nccn1C. The van der Waals surface area contributed by atoms with Crippen molar-refractivity contribution < 1.29 is 4.74 Å². The van der Waals surface area contributed by atoms with Crippen LogP contribution in [0.25, 0.3) is 0 Å². The van der Waals surface area contributed by atoms with Crippen LogP contribution in [-0.2, 0) is 11.8 Å². The molecule has 0 radical (unpaired) electrons. The van der Waals surface area contributed by atoms with Gasteiger partial charge in [0.05, 0.1) is 6.61 Å². The van der Waals surface area contributed by atoms with E-state index in [1.807, 2.05) is 17.8 Å². The summed E-state index contributed by atoms with van der Waals surface area (Å²) in [6, 6.07) is -0.0463. The number of aromatic nitrogens is 2. The first-order chi connectivity index (χ1) is 5.79. The lowest BCUT2D eigenvalue weighted by Gasteiger charge is -2.13. The zero-order valence-electron chi connectivity index (χ0n) is 7.32. The van der Waals surface area contributed by atoms with Gasteiger partial charge in [-0.2, -0.15) is 0 Å². The van der Waals surface area contributed by atoms with Crippen LogP contribution in [0.2, 0.25) is 0 Å². The maximum absolute atomic E-state index is 5.34. The van der Waals surface area contributed by atoms with Crippen molar-refractivity contribution in [3.05, 3.63) is 18.2 Å². The first-order valence-electron chi connectivity index (χ1n) is 3.72. The number of ether oxygens (including phenoxy) is 1. The van der Waals surface area contributed by atoms with Crippen molar-refractivity contribution in [2.24, 2.45) is 12.9 Å². The van der Waals surface area contributed by atoms with Crippen LogP contribution in [0.5, 0.6) is 0 Å². The Bertz CT molecular complexity index is 235. The molecule has 1 atom stereocenters. The molecule has 0 saturated heterocycles. The first-order valence-corrected chi connectivity index (χ1v) is 3.72. The van der Waals surface area contributed by atoms with Crippen molar-refractivity contribution in [2.45, 2.75) is 6.04 Å². The van der Waals surface area contributed by atoms with E-state index in [1.165, 1.54) is 0 Å². The second-order valence-electron chi connectivity index (χ2n) is 2.57. The Labute approximate surface area is 71.5 Å². The lowest BCUT2D eigenvalue weighted by Crippen LogP contribution is -2.32. The van der Waals surface area contributed by atoms with Gasteiger partial charge in [-0.05, 0) is 0 Å². The van der Waals surface area contributed by atoms with E-state index in [4.69, 9.17) is 10.6 Å². The molecular weight excluding hydrogens is 156 g/mol. The summed E-state index contributed by atoms with van der Waals surface area (Å²) in [5, 5.41) is 0. The molecule has 1 aromatic heterocycles. The lowest BCUT2D eigenvalue weighted by molar-refractivity contribution is 0.163. The third-order valence-corrected chi connectivity index (χ3v) is 1.70. The molecule has 3 N–H and O–H groups in total. The molecule has 1 unspecified atom stereocenters. The number of nitrogens with two attached hydrogens (primary N) is 1. The minimum atomic E-state index is -0.0463. The van der Waals surface area contributed by atoms with Crippen LogP contribution in [-0.4, -0.2) is 23.3 Å². The van der Waals surface area contributed by atoms with Gasteiger partial charge in [0, 0.05) is 26.6 Å². The van der Waals surface area contributed by atoms with E-state index < -0.39 is 0 Å². The van der Waals surface area contributed by atoms with Gasteiger partial charge in [-0.3, -0.25) is 5.84 Å². The number of hydrogen-bond donors (Lipinski definition) is 2. The number of nitrogens with one attached hydrogen (secondary N) is 1.